The molecular weight excluding hydrogens is 280 g/mol. The van der Waals surface area contributed by atoms with E-state index in [1.807, 2.05) is 30.3 Å². The molecule has 0 saturated carbocycles. The van der Waals surface area contributed by atoms with Crippen molar-refractivity contribution in [3.63, 3.8) is 0 Å². The number of hydrogen-bond donors (Lipinski definition) is 0. The van der Waals surface area contributed by atoms with Crippen LogP contribution in [0.25, 0.3) is 0 Å². The minimum absolute atomic E-state index is 0.275. The highest BCUT2D eigenvalue weighted by atomic mass is 16.5. The van der Waals surface area contributed by atoms with Crippen LogP contribution in [0.2, 0.25) is 0 Å². The third-order valence-corrected chi connectivity index (χ3v) is 3.78. The third kappa shape index (κ3) is 2.11. The van der Waals surface area contributed by atoms with Crippen molar-refractivity contribution in [2.45, 2.75) is 6.04 Å². The van der Waals surface area contributed by atoms with Gasteiger partial charge in [-0.1, -0.05) is 42.5 Å². The molecule has 1 fully saturated rings. The van der Waals surface area contributed by atoms with E-state index in [-0.39, 0.29) is 11.9 Å². The van der Waals surface area contributed by atoms with Crippen LogP contribution in [-0.4, -0.2) is 31.0 Å². The fourth-order valence-corrected chi connectivity index (χ4v) is 2.69. The average molecular weight is 296 g/mol. The zero-order chi connectivity index (χ0) is 15.7. The molecule has 0 radical (unpaired) electrons. The largest absolute Gasteiger partial charge is 0.495 e. The Hall–Kier alpha value is -2.82. The summed E-state index contributed by atoms with van der Waals surface area (Å²) in [5, 5.41) is 0. The molecule has 1 aliphatic rings. The van der Waals surface area contributed by atoms with Crippen LogP contribution in [0.5, 0.6) is 5.75 Å². The lowest BCUT2D eigenvalue weighted by Crippen LogP contribution is -2.31. The van der Waals surface area contributed by atoms with Gasteiger partial charge in [-0.15, -0.1) is 0 Å². The van der Waals surface area contributed by atoms with Gasteiger partial charge in [0.1, 0.15) is 11.8 Å². The first-order valence-corrected chi connectivity index (χ1v) is 6.94. The van der Waals surface area contributed by atoms with Gasteiger partial charge < -0.3 is 9.64 Å². The molecule has 1 unspecified atom stereocenters. The van der Waals surface area contributed by atoms with Crippen LogP contribution >= 0.6 is 0 Å². The van der Waals surface area contributed by atoms with Gasteiger partial charge in [0.25, 0.3) is 5.91 Å². The molecule has 22 heavy (non-hydrogen) atoms. The molecule has 0 spiro atoms. The van der Waals surface area contributed by atoms with Gasteiger partial charge >= 0.3 is 6.03 Å². The number of carbonyl (C=O) groups excluding carboxylic acids is 2. The maximum absolute atomic E-state index is 12.8. The van der Waals surface area contributed by atoms with Crippen LogP contribution in [0.4, 0.5) is 10.5 Å². The van der Waals surface area contributed by atoms with Crippen molar-refractivity contribution >= 4 is 17.6 Å². The monoisotopic (exact) mass is 296 g/mol. The van der Waals surface area contributed by atoms with Gasteiger partial charge in [0.15, 0.2) is 0 Å². The van der Waals surface area contributed by atoms with E-state index in [4.69, 9.17) is 4.74 Å². The van der Waals surface area contributed by atoms with Crippen molar-refractivity contribution in [3.8, 4) is 5.75 Å². The summed E-state index contributed by atoms with van der Waals surface area (Å²) in [5.41, 5.74) is 1.26. The van der Waals surface area contributed by atoms with Gasteiger partial charge in [-0.2, -0.15) is 0 Å². The summed E-state index contributed by atoms with van der Waals surface area (Å²) in [6.45, 7) is 0. The summed E-state index contributed by atoms with van der Waals surface area (Å²) in [6, 6.07) is 15.3. The zero-order valence-corrected chi connectivity index (χ0v) is 12.4. The van der Waals surface area contributed by atoms with Gasteiger partial charge in [0.05, 0.1) is 12.8 Å². The third-order valence-electron chi connectivity index (χ3n) is 3.78. The Morgan fingerprint density at radius 2 is 1.59 bits per heavy atom. The number of likely N-dealkylation sites (N-methyl/N-ethyl adjacent to an activating group) is 1. The summed E-state index contributed by atoms with van der Waals surface area (Å²) >= 11 is 0. The van der Waals surface area contributed by atoms with Crippen LogP contribution < -0.4 is 9.64 Å². The highest BCUT2D eigenvalue weighted by Crippen LogP contribution is 2.37. The Morgan fingerprint density at radius 3 is 2.27 bits per heavy atom. The van der Waals surface area contributed by atoms with E-state index in [0.717, 1.165) is 5.56 Å². The Balaban J connectivity index is 2.04. The van der Waals surface area contributed by atoms with Crippen LogP contribution in [-0.2, 0) is 4.79 Å². The van der Waals surface area contributed by atoms with Crippen LogP contribution in [0.15, 0.2) is 54.6 Å². The number of hydrogen-bond acceptors (Lipinski definition) is 3. The molecule has 0 aliphatic carbocycles. The molecular formula is C17H16N2O3. The molecule has 3 amide bonds. The van der Waals surface area contributed by atoms with E-state index >= 15 is 0 Å². The SMILES string of the molecule is COc1ccccc1N1C(=O)C(c2ccccc2)N(C)C1=O. The van der Waals surface area contributed by atoms with Crippen molar-refractivity contribution < 1.29 is 14.3 Å². The summed E-state index contributed by atoms with van der Waals surface area (Å²) in [6.07, 6.45) is 0. The van der Waals surface area contributed by atoms with E-state index in [1.54, 1.807) is 31.3 Å². The number of amides is 3. The number of methoxy groups -OCH3 is 1. The zero-order valence-electron chi connectivity index (χ0n) is 12.4. The van der Waals surface area contributed by atoms with Crippen molar-refractivity contribution in [1.29, 1.82) is 0 Å². The molecule has 0 N–H and O–H groups in total. The maximum Gasteiger partial charge on any atom is 0.332 e. The van der Waals surface area contributed by atoms with Gasteiger partial charge in [0, 0.05) is 7.05 Å². The molecule has 1 saturated heterocycles. The fourth-order valence-electron chi connectivity index (χ4n) is 2.69. The Morgan fingerprint density at radius 1 is 0.955 bits per heavy atom. The number of carbonyl (C=O) groups is 2. The standard InChI is InChI=1S/C17H16N2O3/c1-18-15(12-8-4-3-5-9-12)16(20)19(17(18)21)13-10-6-7-11-14(13)22-2/h3-11,15H,1-2H3. The van der Waals surface area contributed by atoms with Gasteiger partial charge in [-0.25, -0.2) is 9.69 Å². The van der Waals surface area contributed by atoms with E-state index < -0.39 is 6.04 Å². The molecule has 1 aliphatic heterocycles. The highest BCUT2D eigenvalue weighted by molar-refractivity contribution is 6.22. The number of urea groups is 1. The van der Waals surface area contributed by atoms with Crippen LogP contribution in [0.1, 0.15) is 11.6 Å². The lowest BCUT2D eigenvalue weighted by molar-refractivity contribution is -0.119. The van der Waals surface area contributed by atoms with Gasteiger partial charge in [0.2, 0.25) is 0 Å². The molecule has 5 nitrogen and oxygen atoms in total. The maximum atomic E-state index is 12.8. The van der Waals surface area contributed by atoms with Gasteiger partial charge in [-0.05, 0) is 17.7 Å². The van der Waals surface area contributed by atoms with Crippen molar-refractivity contribution in [3.05, 3.63) is 60.2 Å². The van der Waals surface area contributed by atoms with E-state index in [1.165, 1.54) is 16.9 Å². The number of imide groups is 1. The molecule has 3 rings (SSSR count). The second-order valence-electron chi connectivity index (χ2n) is 5.05. The second kappa shape index (κ2) is 5.52. The summed E-state index contributed by atoms with van der Waals surface area (Å²) in [7, 11) is 3.15. The van der Waals surface area contributed by atoms with E-state index in [2.05, 4.69) is 0 Å². The molecule has 0 aromatic heterocycles. The van der Waals surface area contributed by atoms with Crippen LogP contribution in [0, 0.1) is 0 Å². The molecule has 2 aromatic rings. The number of anilines is 1. The van der Waals surface area contributed by atoms with Gasteiger partial charge in [-0.3, -0.25) is 4.79 Å². The first kappa shape index (κ1) is 14.1. The lowest BCUT2D eigenvalue weighted by Gasteiger charge is -2.16. The summed E-state index contributed by atoms with van der Waals surface area (Å²) in [5.74, 6) is 0.217. The second-order valence-corrected chi connectivity index (χ2v) is 5.05. The normalized spacial score (nSPS) is 18.0. The number of ether oxygens (including phenoxy) is 1. The molecule has 2 aromatic carbocycles. The first-order chi connectivity index (χ1) is 10.6. The minimum Gasteiger partial charge on any atom is -0.495 e. The Kier molecular flexibility index (Phi) is 3.55. The Labute approximate surface area is 128 Å². The smallest absolute Gasteiger partial charge is 0.332 e. The van der Waals surface area contributed by atoms with Crippen molar-refractivity contribution in [1.82, 2.24) is 4.90 Å². The first-order valence-electron chi connectivity index (χ1n) is 6.94. The number of para-hydroxylation sites is 2. The van der Waals surface area contributed by atoms with E-state index in [9.17, 15) is 9.59 Å². The van der Waals surface area contributed by atoms with Crippen LogP contribution in [0.3, 0.4) is 0 Å². The molecule has 112 valence electrons. The highest BCUT2D eigenvalue weighted by Gasteiger charge is 2.45. The minimum atomic E-state index is -0.612. The predicted molar refractivity (Wildman–Crippen MR) is 82.8 cm³/mol. The average Bonchev–Trinajstić information content (AvgIpc) is 2.78. The van der Waals surface area contributed by atoms with E-state index in [0.29, 0.717) is 11.4 Å². The topological polar surface area (TPSA) is 49.9 Å². The van der Waals surface area contributed by atoms with Crippen molar-refractivity contribution in [2.24, 2.45) is 0 Å². The Bertz CT molecular complexity index is 715. The molecule has 0 bridgehead atoms. The quantitative estimate of drug-likeness (QED) is 0.818. The molecule has 1 heterocycles. The number of benzene rings is 2. The van der Waals surface area contributed by atoms with Crippen molar-refractivity contribution in [2.75, 3.05) is 19.1 Å². The lowest BCUT2D eigenvalue weighted by atomic mass is 10.1. The fraction of sp³-hybridized carbons (Fsp3) is 0.176. The summed E-state index contributed by atoms with van der Waals surface area (Å²) in [4.78, 5) is 28.0. The molecule has 5 heteroatoms. The number of rotatable bonds is 3. The molecule has 1 atom stereocenters. The number of nitrogens with zero attached hydrogens (tertiary/aromatic N) is 2. The summed E-state index contributed by atoms with van der Waals surface area (Å²) < 4.78 is 5.27. The predicted octanol–water partition coefficient (Wildman–Crippen LogP) is 2.83.